The van der Waals surface area contributed by atoms with Crippen LogP contribution in [0.3, 0.4) is 0 Å². The number of carbonyl (C=O) groups excluding carboxylic acids is 1. The van der Waals surface area contributed by atoms with Crippen LogP contribution in [0.15, 0.2) is 54.1 Å². The standard InChI is InChI=1S/C15H16O/c1-12(13-8-4-2-5-9-13)15(16)14-10-6-3-7-11-14/h2,4-6,8-12H,3,7H2,1H3. The van der Waals surface area contributed by atoms with Gasteiger partial charge in [-0.05, 0) is 18.4 Å². The SMILES string of the molecule is CC(C(=O)C1=CCCC=C1)c1ccccc1. The van der Waals surface area contributed by atoms with Crippen LogP contribution in [-0.2, 0) is 4.79 Å². The predicted octanol–water partition coefficient (Wildman–Crippen LogP) is 3.64. The lowest BCUT2D eigenvalue weighted by atomic mass is 9.90. The summed E-state index contributed by atoms with van der Waals surface area (Å²) in [6, 6.07) is 9.94. The number of ketones is 1. The van der Waals surface area contributed by atoms with Crippen LogP contribution in [0.2, 0.25) is 0 Å². The molecule has 1 unspecified atom stereocenters. The van der Waals surface area contributed by atoms with Gasteiger partial charge < -0.3 is 0 Å². The zero-order chi connectivity index (χ0) is 11.4. The first-order chi connectivity index (χ1) is 7.79. The lowest BCUT2D eigenvalue weighted by Gasteiger charge is -2.13. The topological polar surface area (TPSA) is 17.1 Å². The van der Waals surface area contributed by atoms with Crippen LogP contribution < -0.4 is 0 Å². The second kappa shape index (κ2) is 4.93. The quantitative estimate of drug-likeness (QED) is 0.747. The van der Waals surface area contributed by atoms with E-state index < -0.39 is 0 Å². The van der Waals surface area contributed by atoms with Crippen molar-refractivity contribution in [2.45, 2.75) is 25.7 Å². The van der Waals surface area contributed by atoms with Crippen molar-refractivity contribution in [3.8, 4) is 0 Å². The molecule has 1 atom stereocenters. The van der Waals surface area contributed by atoms with E-state index in [1.165, 1.54) is 0 Å². The lowest BCUT2D eigenvalue weighted by molar-refractivity contribution is -0.116. The normalized spacial score (nSPS) is 16.7. The van der Waals surface area contributed by atoms with E-state index in [-0.39, 0.29) is 11.7 Å². The Morgan fingerprint density at radius 3 is 2.56 bits per heavy atom. The summed E-state index contributed by atoms with van der Waals surface area (Å²) in [4.78, 5) is 12.2. The molecule has 1 aliphatic rings. The summed E-state index contributed by atoms with van der Waals surface area (Å²) in [5.41, 5.74) is 1.95. The number of hydrogen-bond acceptors (Lipinski definition) is 1. The number of carbonyl (C=O) groups is 1. The number of rotatable bonds is 3. The summed E-state index contributed by atoms with van der Waals surface area (Å²) in [7, 11) is 0. The minimum Gasteiger partial charge on any atom is -0.294 e. The van der Waals surface area contributed by atoms with E-state index in [0.29, 0.717) is 0 Å². The van der Waals surface area contributed by atoms with Gasteiger partial charge >= 0.3 is 0 Å². The summed E-state index contributed by atoms with van der Waals surface area (Å²) in [6.45, 7) is 1.97. The molecule has 1 aliphatic carbocycles. The monoisotopic (exact) mass is 212 g/mol. The molecule has 1 heteroatoms. The van der Waals surface area contributed by atoms with Crippen molar-refractivity contribution in [3.63, 3.8) is 0 Å². The Balaban J connectivity index is 2.16. The second-order valence-electron chi connectivity index (χ2n) is 4.14. The molecule has 0 N–H and O–H groups in total. The van der Waals surface area contributed by atoms with Gasteiger partial charge in [-0.25, -0.2) is 0 Å². The van der Waals surface area contributed by atoms with E-state index in [2.05, 4.69) is 6.08 Å². The molecule has 0 amide bonds. The number of allylic oxidation sites excluding steroid dienone is 4. The molecule has 0 spiro atoms. The number of benzene rings is 1. The van der Waals surface area contributed by atoms with E-state index in [4.69, 9.17) is 0 Å². The van der Waals surface area contributed by atoms with Crippen LogP contribution in [0.1, 0.15) is 31.2 Å². The van der Waals surface area contributed by atoms with Gasteiger partial charge in [-0.1, -0.05) is 55.5 Å². The van der Waals surface area contributed by atoms with Crippen LogP contribution in [0.5, 0.6) is 0 Å². The third kappa shape index (κ3) is 2.30. The Labute approximate surface area is 96.5 Å². The molecule has 0 bridgehead atoms. The van der Waals surface area contributed by atoms with Gasteiger partial charge in [-0.2, -0.15) is 0 Å². The Morgan fingerprint density at radius 1 is 1.19 bits per heavy atom. The van der Waals surface area contributed by atoms with Gasteiger partial charge in [0.15, 0.2) is 5.78 Å². The fourth-order valence-corrected chi connectivity index (χ4v) is 1.94. The highest BCUT2D eigenvalue weighted by molar-refractivity contribution is 6.02. The first kappa shape index (κ1) is 10.9. The van der Waals surface area contributed by atoms with Gasteiger partial charge in [0.2, 0.25) is 0 Å². The van der Waals surface area contributed by atoms with Crippen LogP contribution in [-0.4, -0.2) is 5.78 Å². The van der Waals surface area contributed by atoms with Crippen molar-refractivity contribution < 1.29 is 4.79 Å². The molecule has 16 heavy (non-hydrogen) atoms. The van der Waals surface area contributed by atoms with Gasteiger partial charge in [0, 0.05) is 11.5 Å². The van der Waals surface area contributed by atoms with Gasteiger partial charge in [0.05, 0.1) is 0 Å². The third-order valence-corrected chi connectivity index (χ3v) is 2.97. The third-order valence-electron chi connectivity index (χ3n) is 2.97. The Hall–Kier alpha value is -1.63. The van der Waals surface area contributed by atoms with Crippen LogP contribution in [0.4, 0.5) is 0 Å². The van der Waals surface area contributed by atoms with Gasteiger partial charge in [-0.3, -0.25) is 4.79 Å². The number of hydrogen-bond donors (Lipinski definition) is 0. The highest BCUT2D eigenvalue weighted by Gasteiger charge is 2.17. The maximum atomic E-state index is 12.2. The van der Waals surface area contributed by atoms with Crippen LogP contribution >= 0.6 is 0 Å². The largest absolute Gasteiger partial charge is 0.294 e. The Bertz CT molecular complexity index is 426. The fraction of sp³-hybridized carbons (Fsp3) is 0.267. The van der Waals surface area contributed by atoms with E-state index in [1.54, 1.807) is 0 Å². The average Bonchev–Trinajstić information content (AvgIpc) is 2.39. The van der Waals surface area contributed by atoms with E-state index in [1.807, 2.05) is 49.4 Å². The molecule has 1 nitrogen and oxygen atoms in total. The first-order valence-electron chi connectivity index (χ1n) is 5.75. The predicted molar refractivity (Wildman–Crippen MR) is 66.3 cm³/mol. The van der Waals surface area contributed by atoms with Gasteiger partial charge in [-0.15, -0.1) is 0 Å². The fourth-order valence-electron chi connectivity index (χ4n) is 1.94. The van der Waals surface area contributed by atoms with E-state index in [9.17, 15) is 4.79 Å². The van der Waals surface area contributed by atoms with Crippen LogP contribution in [0, 0.1) is 0 Å². The van der Waals surface area contributed by atoms with Crippen molar-refractivity contribution in [2.24, 2.45) is 0 Å². The maximum Gasteiger partial charge on any atom is 0.169 e. The van der Waals surface area contributed by atoms with Crippen molar-refractivity contribution in [2.75, 3.05) is 0 Å². The van der Waals surface area contributed by atoms with Gasteiger partial charge in [0.25, 0.3) is 0 Å². The van der Waals surface area contributed by atoms with Crippen molar-refractivity contribution >= 4 is 5.78 Å². The van der Waals surface area contributed by atoms with Crippen molar-refractivity contribution in [1.82, 2.24) is 0 Å². The van der Waals surface area contributed by atoms with E-state index in [0.717, 1.165) is 24.0 Å². The molecule has 1 aromatic rings. The smallest absolute Gasteiger partial charge is 0.169 e. The van der Waals surface area contributed by atoms with Gasteiger partial charge in [0.1, 0.15) is 0 Å². The molecular weight excluding hydrogens is 196 g/mol. The number of Topliss-reactive ketones (excluding diaryl/α,β-unsaturated/α-hetero) is 1. The molecule has 0 heterocycles. The molecular formula is C15H16O. The summed E-state index contributed by atoms with van der Waals surface area (Å²) in [5, 5.41) is 0. The first-order valence-corrected chi connectivity index (χ1v) is 5.75. The highest BCUT2D eigenvalue weighted by Crippen LogP contribution is 2.22. The Kier molecular flexibility index (Phi) is 3.35. The minimum absolute atomic E-state index is 0.0461. The summed E-state index contributed by atoms with van der Waals surface area (Å²) in [6.07, 6.45) is 8.10. The lowest BCUT2D eigenvalue weighted by Crippen LogP contribution is -2.11. The molecule has 2 rings (SSSR count). The molecule has 82 valence electrons. The zero-order valence-corrected chi connectivity index (χ0v) is 9.52. The Morgan fingerprint density at radius 2 is 1.94 bits per heavy atom. The van der Waals surface area contributed by atoms with Crippen molar-refractivity contribution in [3.05, 3.63) is 59.7 Å². The van der Waals surface area contributed by atoms with E-state index >= 15 is 0 Å². The molecule has 0 aromatic heterocycles. The molecule has 0 saturated heterocycles. The zero-order valence-electron chi connectivity index (χ0n) is 9.52. The van der Waals surface area contributed by atoms with Crippen LogP contribution in [0.25, 0.3) is 0 Å². The average molecular weight is 212 g/mol. The molecule has 0 saturated carbocycles. The molecule has 0 aliphatic heterocycles. The second-order valence-corrected chi connectivity index (χ2v) is 4.14. The summed E-state index contributed by atoms with van der Waals surface area (Å²) < 4.78 is 0. The summed E-state index contributed by atoms with van der Waals surface area (Å²) >= 11 is 0. The molecule has 0 fully saturated rings. The van der Waals surface area contributed by atoms with Crippen molar-refractivity contribution in [1.29, 1.82) is 0 Å². The highest BCUT2D eigenvalue weighted by atomic mass is 16.1. The maximum absolute atomic E-state index is 12.2. The molecule has 1 aromatic carbocycles. The summed E-state index contributed by atoms with van der Waals surface area (Å²) in [5.74, 6) is 0.178. The molecule has 0 radical (unpaired) electrons. The minimum atomic E-state index is -0.0461.